The second-order valence-electron chi connectivity index (χ2n) is 6.31. The number of rotatable bonds is 7. The maximum Gasteiger partial charge on any atom is 0.408 e. The van der Waals surface area contributed by atoms with Crippen LogP contribution in [0.2, 0.25) is 0 Å². The Balaban J connectivity index is 2.52. The van der Waals surface area contributed by atoms with Crippen molar-refractivity contribution in [1.82, 2.24) is 10.3 Å². The third kappa shape index (κ3) is 7.59. The molecule has 0 bridgehead atoms. The maximum atomic E-state index is 11.9. The van der Waals surface area contributed by atoms with Crippen LogP contribution in [0.15, 0.2) is 11.5 Å². The zero-order chi connectivity index (χ0) is 18.2. The number of unbranched alkanes of at least 4 members (excludes halogenated alkanes) is 1. The minimum absolute atomic E-state index is 0.157. The predicted molar refractivity (Wildman–Crippen MR) is 98.2 cm³/mol. The van der Waals surface area contributed by atoms with Gasteiger partial charge in [-0.25, -0.2) is 9.78 Å². The van der Waals surface area contributed by atoms with Gasteiger partial charge >= 0.3 is 6.09 Å². The Morgan fingerprint density at radius 3 is 2.62 bits per heavy atom. The Bertz CT molecular complexity index is 588. The molecule has 0 radical (unpaired) electrons. The van der Waals surface area contributed by atoms with E-state index in [0.717, 1.165) is 25.0 Å². The summed E-state index contributed by atoms with van der Waals surface area (Å²) in [5.41, 5.74) is 1.48. The fourth-order valence-electron chi connectivity index (χ4n) is 1.86. The highest BCUT2D eigenvalue weighted by atomic mass is 32.1. The van der Waals surface area contributed by atoms with Crippen LogP contribution >= 0.6 is 11.3 Å². The summed E-state index contributed by atoms with van der Waals surface area (Å²) in [5, 5.41) is 7.56. The van der Waals surface area contributed by atoms with E-state index in [2.05, 4.69) is 35.5 Å². The van der Waals surface area contributed by atoms with E-state index >= 15 is 0 Å². The number of nitrogens with zero attached hydrogens (tertiary/aromatic N) is 1. The molecule has 0 saturated carbocycles. The average Bonchev–Trinajstić information content (AvgIpc) is 2.92. The van der Waals surface area contributed by atoms with E-state index in [-0.39, 0.29) is 12.5 Å². The first kappa shape index (κ1) is 20.2. The number of nitrogens with one attached hydrogen (secondary N) is 2. The monoisotopic (exact) mass is 353 g/mol. The molecule has 0 aromatic carbocycles. The molecule has 7 heteroatoms. The van der Waals surface area contributed by atoms with Crippen molar-refractivity contribution in [2.24, 2.45) is 0 Å². The first-order valence-electron chi connectivity index (χ1n) is 8.16. The van der Waals surface area contributed by atoms with Gasteiger partial charge in [0.2, 0.25) is 5.91 Å². The van der Waals surface area contributed by atoms with Gasteiger partial charge in [-0.1, -0.05) is 26.3 Å². The largest absolute Gasteiger partial charge is 0.444 e. The molecule has 0 atom stereocenters. The molecule has 0 aliphatic rings. The van der Waals surface area contributed by atoms with Gasteiger partial charge in [-0.2, -0.15) is 0 Å². The summed E-state index contributed by atoms with van der Waals surface area (Å²) in [6.45, 7) is 9.36. The van der Waals surface area contributed by atoms with Crippen LogP contribution in [-0.4, -0.2) is 29.1 Å². The van der Waals surface area contributed by atoms with E-state index in [1.807, 2.05) is 5.38 Å². The molecule has 24 heavy (non-hydrogen) atoms. The molecule has 134 valence electrons. The van der Waals surface area contributed by atoms with Crippen molar-refractivity contribution >= 4 is 34.0 Å². The lowest BCUT2D eigenvalue weighted by Gasteiger charge is -2.19. The van der Waals surface area contributed by atoms with Crippen molar-refractivity contribution < 1.29 is 14.3 Å². The Kier molecular flexibility index (Phi) is 7.91. The van der Waals surface area contributed by atoms with Gasteiger partial charge < -0.3 is 15.4 Å². The normalized spacial score (nSPS) is 12.0. The summed E-state index contributed by atoms with van der Waals surface area (Å²) in [6, 6.07) is 0. The molecule has 0 saturated heterocycles. The molecule has 0 unspecified atom stereocenters. The van der Waals surface area contributed by atoms with Crippen LogP contribution in [-0.2, 0) is 9.53 Å². The van der Waals surface area contributed by atoms with Crippen molar-refractivity contribution in [2.45, 2.75) is 59.5 Å². The van der Waals surface area contributed by atoms with E-state index < -0.39 is 11.7 Å². The molecule has 2 N–H and O–H groups in total. The molecule has 0 aliphatic carbocycles. The number of thiazole rings is 1. The predicted octanol–water partition coefficient (Wildman–Crippen LogP) is 4.20. The van der Waals surface area contributed by atoms with Crippen LogP contribution in [0.25, 0.3) is 5.57 Å². The first-order chi connectivity index (χ1) is 11.2. The average molecular weight is 353 g/mol. The molecule has 0 spiro atoms. The SMILES string of the molecule is CCC/C=C(\CC)c1csc(NC(=O)CNC(=O)OC(C)(C)C)n1. The van der Waals surface area contributed by atoms with Gasteiger partial charge in [0.1, 0.15) is 12.1 Å². The zero-order valence-electron chi connectivity index (χ0n) is 15.1. The van der Waals surface area contributed by atoms with Crippen molar-refractivity contribution in [2.75, 3.05) is 11.9 Å². The van der Waals surface area contributed by atoms with Gasteiger partial charge in [-0.15, -0.1) is 11.3 Å². The second kappa shape index (κ2) is 9.42. The number of carbonyl (C=O) groups excluding carboxylic acids is 2. The number of ether oxygens (including phenoxy) is 1. The van der Waals surface area contributed by atoms with Crippen molar-refractivity contribution in [1.29, 1.82) is 0 Å². The molecular weight excluding hydrogens is 326 g/mol. The number of anilines is 1. The number of hydrogen-bond acceptors (Lipinski definition) is 5. The summed E-state index contributed by atoms with van der Waals surface area (Å²) in [6.07, 6.45) is 4.57. The van der Waals surface area contributed by atoms with Crippen molar-refractivity contribution in [3.05, 3.63) is 17.2 Å². The van der Waals surface area contributed by atoms with Gasteiger partial charge in [0, 0.05) is 5.38 Å². The Hall–Kier alpha value is -1.89. The number of aromatic nitrogens is 1. The molecule has 0 fully saturated rings. The summed E-state index contributed by atoms with van der Waals surface area (Å²) in [4.78, 5) is 27.8. The lowest BCUT2D eigenvalue weighted by molar-refractivity contribution is -0.115. The summed E-state index contributed by atoms with van der Waals surface area (Å²) in [5.74, 6) is -0.336. The third-order valence-corrected chi connectivity index (χ3v) is 3.69. The molecule has 1 aromatic rings. The molecule has 1 heterocycles. The maximum absolute atomic E-state index is 11.9. The van der Waals surface area contributed by atoms with Crippen LogP contribution in [0.1, 0.15) is 59.6 Å². The summed E-state index contributed by atoms with van der Waals surface area (Å²) < 4.78 is 5.08. The fourth-order valence-corrected chi connectivity index (χ4v) is 2.61. The fraction of sp³-hybridized carbons (Fsp3) is 0.588. The van der Waals surface area contributed by atoms with Crippen molar-refractivity contribution in [3.63, 3.8) is 0 Å². The van der Waals surface area contributed by atoms with E-state index in [1.165, 1.54) is 16.9 Å². The smallest absolute Gasteiger partial charge is 0.408 e. The lowest BCUT2D eigenvalue weighted by atomic mass is 10.1. The van der Waals surface area contributed by atoms with E-state index in [0.29, 0.717) is 5.13 Å². The van der Waals surface area contributed by atoms with Gasteiger partial charge in [0.25, 0.3) is 0 Å². The molecule has 6 nitrogen and oxygen atoms in total. The minimum atomic E-state index is -0.617. The number of hydrogen-bond donors (Lipinski definition) is 2. The summed E-state index contributed by atoms with van der Waals surface area (Å²) >= 11 is 1.37. The van der Waals surface area contributed by atoms with Crippen LogP contribution in [0.3, 0.4) is 0 Å². The van der Waals surface area contributed by atoms with Gasteiger partial charge in [-0.05, 0) is 39.2 Å². The minimum Gasteiger partial charge on any atom is -0.444 e. The number of allylic oxidation sites excluding steroid dienone is 2. The molecule has 1 rings (SSSR count). The highest BCUT2D eigenvalue weighted by molar-refractivity contribution is 7.14. The van der Waals surface area contributed by atoms with Crippen molar-refractivity contribution in [3.8, 4) is 0 Å². The van der Waals surface area contributed by atoms with Gasteiger partial charge in [0.15, 0.2) is 5.13 Å². The van der Waals surface area contributed by atoms with Crippen LogP contribution in [0.5, 0.6) is 0 Å². The van der Waals surface area contributed by atoms with Gasteiger partial charge in [-0.3, -0.25) is 4.79 Å². The molecule has 1 aromatic heterocycles. The molecule has 0 aliphatic heterocycles. The number of amides is 2. The zero-order valence-corrected chi connectivity index (χ0v) is 15.9. The number of carbonyl (C=O) groups is 2. The standard InChI is InChI=1S/C17H27N3O3S/c1-6-8-9-12(7-2)13-11-24-15(19-13)20-14(21)10-18-16(22)23-17(3,4)5/h9,11H,6-8,10H2,1-5H3,(H,18,22)(H,19,20,21)/b12-9+. The van der Waals surface area contributed by atoms with Gasteiger partial charge in [0.05, 0.1) is 5.69 Å². The Morgan fingerprint density at radius 2 is 2.04 bits per heavy atom. The summed E-state index contributed by atoms with van der Waals surface area (Å²) in [7, 11) is 0. The topological polar surface area (TPSA) is 80.3 Å². The first-order valence-corrected chi connectivity index (χ1v) is 9.04. The lowest BCUT2D eigenvalue weighted by Crippen LogP contribution is -2.37. The quantitative estimate of drug-likeness (QED) is 0.770. The number of alkyl carbamates (subject to hydrolysis) is 1. The Labute approximate surface area is 147 Å². The highest BCUT2D eigenvalue weighted by Crippen LogP contribution is 2.24. The van der Waals surface area contributed by atoms with Crippen LogP contribution < -0.4 is 10.6 Å². The Morgan fingerprint density at radius 1 is 1.33 bits per heavy atom. The van der Waals surface area contributed by atoms with E-state index in [4.69, 9.17) is 4.74 Å². The van der Waals surface area contributed by atoms with E-state index in [9.17, 15) is 9.59 Å². The second-order valence-corrected chi connectivity index (χ2v) is 7.17. The third-order valence-electron chi connectivity index (χ3n) is 2.93. The van der Waals surface area contributed by atoms with Crippen LogP contribution in [0.4, 0.5) is 9.93 Å². The molecular formula is C17H27N3O3S. The molecule has 2 amide bonds. The van der Waals surface area contributed by atoms with E-state index in [1.54, 1.807) is 20.8 Å². The van der Waals surface area contributed by atoms with Crippen LogP contribution in [0, 0.1) is 0 Å². The highest BCUT2D eigenvalue weighted by Gasteiger charge is 2.17.